The van der Waals surface area contributed by atoms with E-state index in [0.717, 1.165) is 36.4 Å². The summed E-state index contributed by atoms with van der Waals surface area (Å²) in [6, 6.07) is 33.3. The van der Waals surface area contributed by atoms with Gasteiger partial charge in [0.2, 0.25) is 11.8 Å². The predicted molar refractivity (Wildman–Crippen MR) is 303 cm³/mol. The molecule has 4 atom stereocenters. The highest BCUT2D eigenvalue weighted by molar-refractivity contribution is 6.05. The van der Waals surface area contributed by atoms with Crippen LogP contribution in [-0.2, 0) is 40.3 Å². The first-order valence-corrected chi connectivity index (χ1v) is 27.5. The van der Waals surface area contributed by atoms with E-state index in [1.54, 1.807) is 38.5 Å². The van der Waals surface area contributed by atoms with Gasteiger partial charge in [-0.25, -0.2) is 55.9 Å². The molecule has 87 heavy (non-hydrogen) atoms. The van der Waals surface area contributed by atoms with E-state index in [1.807, 2.05) is 21.3 Å². The van der Waals surface area contributed by atoms with Crippen LogP contribution in [0.2, 0.25) is 0 Å². The first kappa shape index (κ1) is 57.2. The molecule has 12 rings (SSSR count). The largest absolute Gasteiger partial charge is 0.473 e. The van der Waals surface area contributed by atoms with Crippen LogP contribution >= 0.6 is 0 Å². The summed E-state index contributed by atoms with van der Waals surface area (Å²) in [5.41, 5.74) is 2.19. The number of carbonyl (C=O) groups excluding carboxylic acids is 2. The molecule has 2 saturated carbocycles. The minimum absolute atomic E-state index is 0.00144. The van der Waals surface area contributed by atoms with Gasteiger partial charge in [-0.15, -0.1) is 0 Å². The first-order valence-electron chi connectivity index (χ1n) is 27.5. The van der Waals surface area contributed by atoms with Crippen molar-refractivity contribution in [2.75, 3.05) is 14.2 Å². The van der Waals surface area contributed by atoms with Crippen LogP contribution in [0.3, 0.4) is 0 Å². The SMILES string of the molecule is CO[C@@H]1CC[C@@H]1n1c(Cc2cc(F)c(-c3cccc(OCc4ccc(C#N)cc4F)n3)cc2F)nc2ccc(C(=O)OC(=O)c3ccc4nc(Cc5cc(F)c(-c6cccc(OCc7ccc(C#N)cc7F)n6)cc5F)n([C@H]5CC[C@H]5OC)c4c3)cc21. The molecule has 6 aromatic carbocycles. The van der Waals surface area contributed by atoms with Crippen LogP contribution in [0.25, 0.3) is 44.6 Å². The summed E-state index contributed by atoms with van der Waals surface area (Å²) in [6.07, 6.45) is 1.82. The Morgan fingerprint density at radius 1 is 0.494 bits per heavy atom. The molecule has 0 bridgehead atoms. The fourth-order valence-corrected chi connectivity index (χ4v) is 11.0. The Morgan fingerprint density at radius 2 is 0.920 bits per heavy atom. The summed E-state index contributed by atoms with van der Waals surface area (Å²) in [4.78, 5) is 46.2. The van der Waals surface area contributed by atoms with E-state index in [4.69, 9.17) is 44.2 Å². The van der Waals surface area contributed by atoms with Gasteiger partial charge in [0.1, 0.15) is 59.8 Å². The van der Waals surface area contributed by atoms with E-state index in [9.17, 15) is 18.4 Å². The number of nitriles is 2. The van der Waals surface area contributed by atoms with Gasteiger partial charge in [-0.05, 0) is 134 Å². The Hall–Kier alpha value is -10.2. The quantitative estimate of drug-likeness (QED) is 0.0449. The lowest BCUT2D eigenvalue weighted by atomic mass is 9.88. The van der Waals surface area contributed by atoms with Crippen molar-refractivity contribution in [3.8, 4) is 46.4 Å². The standard InChI is InChI=1S/C66H48F6N8O7/c1-83-59-19-17-55(59)79-57-25-37(13-15-53(57)75-61(79)27-41-23-49(71)43(29-47(41)69)51-5-3-7-63(77-51)85-33-39-11-9-35(31-73)21-45(39)67)65(81)87-66(82)38-14-16-54-58(26-38)80(56-18-20-60(56)84-2)62(76-54)28-42-24-50(72)44(30-48(42)70)52-6-4-8-64(78-52)86-34-40-12-10-36(32-74)22-46(40)68/h3-16,21-26,29-30,55-56,59-60H,17-20,27-28,33-34H2,1-2H3/t55-,56-,59+,60+/m0/s1. The molecule has 15 nitrogen and oxygen atoms in total. The second-order valence-electron chi connectivity index (χ2n) is 21.1. The lowest BCUT2D eigenvalue weighted by molar-refractivity contribution is -0.00841. The van der Waals surface area contributed by atoms with Crippen LogP contribution in [0.1, 0.15) is 104 Å². The molecule has 436 valence electrons. The van der Waals surface area contributed by atoms with Crippen LogP contribution in [0.15, 0.2) is 133 Å². The van der Waals surface area contributed by atoms with Gasteiger partial charge in [0.15, 0.2) is 0 Å². The monoisotopic (exact) mass is 1180 g/mol. The van der Waals surface area contributed by atoms with Crippen molar-refractivity contribution in [3.05, 3.63) is 225 Å². The van der Waals surface area contributed by atoms with Gasteiger partial charge < -0.3 is 32.8 Å². The van der Waals surface area contributed by atoms with Crippen molar-refractivity contribution >= 4 is 34.0 Å². The summed E-state index contributed by atoms with van der Waals surface area (Å²) < 4.78 is 126. The van der Waals surface area contributed by atoms with Gasteiger partial charge in [-0.2, -0.15) is 10.5 Å². The summed E-state index contributed by atoms with van der Waals surface area (Å²) in [5.74, 6) is -5.54. The molecule has 4 aromatic heterocycles. The van der Waals surface area contributed by atoms with E-state index >= 15 is 17.6 Å². The predicted octanol–water partition coefficient (Wildman–Crippen LogP) is 13.1. The number of pyridine rings is 2. The van der Waals surface area contributed by atoms with Crippen LogP contribution in [0.4, 0.5) is 26.3 Å². The maximum atomic E-state index is 16.2. The molecule has 0 spiro atoms. The molecule has 10 aromatic rings. The van der Waals surface area contributed by atoms with Crippen molar-refractivity contribution in [1.29, 1.82) is 10.5 Å². The van der Waals surface area contributed by atoms with Gasteiger partial charge in [-0.1, -0.05) is 24.3 Å². The lowest BCUT2D eigenvalue weighted by Gasteiger charge is -2.37. The summed E-state index contributed by atoms with van der Waals surface area (Å²) in [6.45, 7) is -0.464. The molecule has 2 aliphatic rings. The lowest BCUT2D eigenvalue weighted by Crippen LogP contribution is -2.36. The average molecular weight is 1180 g/mol. The zero-order valence-corrected chi connectivity index (χ0v) is 46.4. The number of aromatic nitrogens is 6. The Bertz CT molecular complexity index is 4200. The van der Waals surface area contributed by atoms with Gasteiger partial charge in [-0.3, -0.25) is 0 Å². The molecule has 4 heterocycles. The molecule has 0 aliphatic heterocycles. The van der Waals surface area contributed by atoms with E-state index in [2.05, 4.69) is 9.97 Å². The van der Waals surface area contributed by atoms with Gasteiger partial charge in [0, 0.05) is 61.4 Å². The maximum absolute atomic E-state index is 16.2. The number of imidazole rings is 2. The van der Waals surface area contributed by atoms with Gasteiger partial charge in [0.25, 0.3) is 0 Å². The first-order chi connectivity index (χ1) is 42.2. The Kier molecular flexibility index (Phi) is 15.8. The van der Waals surface area contributed by atoms with Crippen molar-refractivity contribution in [2.45, 2.75) is 76.0 Å². The molecule has 0 saturated heterocycles. The molecule has 0 amide bonds. The number of hydrogen-bond acceptors (Lipinski definition) is 13. The Morgan fingerprint density at radius 3 is 1.30 bits per heavy atom. The summed E-state index contributed by atoms with van der Waals surface area (Å²) in [7, 11) is 3.13. The number of esters is 2. The number of rotatable bonds is 18. The molecule has 2 fully saturated rings. The number of halogens is 6. The third-order valence-corrected chi connectivity index (χ3v) is 15.9. The smallest absolute Gasteiger partial charge is 0.346 e. The summed E-state index contributed by atoms with van der Waals surface area (Å²) >= 11 is 0. The van der Waals surface area contributed by atoms with Crippen LogP contribution in [0, 0.1) is 57.6 Å². The fourth-order valence-electron chi connectivity index (χ4n) is 11.0. The van der Waals surface area contributed by atoms with Crippen LogP contribution in [-0.4, -0.2) is 67.4 Å². The number of benzene rings is 6. The van der Waals surface area contributed by atoms with E-state index < -0.39 is 46.8 Å². The number of ether oxygens (including phenoxy) is 5. The molecular weight excluding hydrogens is 1130 g/mol. The van der Waals surface area contributed by atoms with Gasteiger partial charge >= 0.3 is 11.9 Å². The zero-order valence-electron chi connectivity index (χ0n) is 46.4. The van der Waals surface area contributed by atoms with Crippen LogP contribution < -0.4 is 9.47 Å². The van der Waals surface area contributed by atoms with Gasteiger partial charge in [0.05, 0.1) is 92.1 Å². The Labute approximate surface area is 492 Å². The Balaban J connectivity index is 0.770. The fraction of sp³-hybridized carbons (Fsp3) is 0.212. The molecule has 0 unspecified atom stereocenters. The number of carbonyl (C=O) groups is 2. The van der Waals surface area contributed by atoms with E-state index in [-0.39, 0.29) is 129 Å². The topological polar surface area (TPSA) is 189 Å². The number of methoxy groups -OCH3 is 2. The average Bonchev–Trinajstić information content (AvgIpc) is 1.90. The summed E-state index contributed by atoms with van der Waals surface area (Å²) in [5, 5.41) is 18.1. The van der Waals surface area contributed by atoms with Crippen molar-refractivity contribution in [2.24, 2.45) is 0 Å². The highest BCUT2D eigenvalue weighted by Gasteiger charge is 2.37. The van der Waals surface area contributed by atoms with Crippen molar-refractivity contribution in [1.82, 2.24) is 29.1 Å². The van der Waals surface area contributed by atoms with E-state index in [1.165, 1.54) is 72.8 Å². The zero-order chi connectivity index (χ0) is 60.6. The third kappa shape index (κ3) is 11.5. The van der Waals surface area contributed by atoms with E-state index in [0.29, 0.717) is 59.4 Å². The minimum Gasteiger partial charge on any atom is -0.473 e. The second kappa shape index (κ2) is 24.0. The normalized spacial score (nSPS) is 16.2. The van der Waals surface area contributed by atoms with Crippen molar-refractivity contribution in [3.63, 3.8) is 0 Å². The molecular formula is C66H48F6N8O7. The molecule has 2 aliphatic carbocycles. The minimum atomic E-state index is -0.983. The highest BCUT2D eigenvalue weighted by Crippen LogP contribution is 2.41. The number of nitrogens with zero attached hydrogens (tertiary/aromatic N) is 8. The molecule has 0 N–H and O–H groups in total. The number of fused-ring (bicyclic) bond motifs is 2. The highest BCUT2D eigenvalue weighted by atomic mass is 19.1. The third-order valence-electron chi connectivity index (χ3n) is 15.9. The van der Waals surface area contributed by atoms with Crippen LogP contribution in [0.5, 0.6) is 11.8 Å². The van der Waals surface area contributed by atoms with Crippen molar-refractivity contribution < 1.29 is 59.6 Å². The second-order valence-corrected chi connectivity index (χ2v) is 21.1. The maximum Gasteiger partial charge on any atom is 0.346 e. The molecule has 0 radical (unpaired) electrons. The molecule has 21 heteroatoms. The number of hydrogen-bond donors (Lipinski definition) is 0.